The van der Waals surface area contributed by atoms with Gasteiger partial charge in [-0.25, -0.2) is 0 Å². The van der Waals surface area contributed by atoms with E-state index in [9.17, 15) is 4.79 Å². The van der Waals surface area contributed by atoms with E-state index in [2.05, 4.69) is 46.4 Å². The number of likely N-dealkylation sites (tertiary alicyclic amines) is 1. The minimum Gasteiger partial charge on any atom is -0.426 e. The van der Waals surface area contributed by atoms with Gasteiger partial charge in [-0.2, -0.15) is 11.8 Å². The number of esters is 1. The van der Waals surface area contributed by atoms with E-state index in [0.29, 0.717) is 5.75 Å². The summed E-state index contributed by atoms with van der Waals surface area (Å²) >= 11 is 1.98. The van der Waals surface area contributed by atoms with Crippen LogP contribution < -0.4 is 4.74 Å². The number of carbonyl (C=O) groups excluding carboxylic acids is 1. The van der Waals surface area contributed by atoms with Crippen molar-refractivity contribution in [1.82, 2.24) is 9.88 Å². The van der Waals surface area contributed by atoms with Crippen LogP contribution in [0, 0.1) is 5.92 Å². The lowest BCUT2D eigenvalue weighted by molar-refractivity contribution is -0.138. The molecule has 2 heterocycles. The molecular formula is C27H34N2O2S. The Labute approximate surface area is 195 Å². The van der Waals surface area contributed by atoms with E-state index >= 15 is 0 Å². The number of hydrogen-bond donors (Lipinski definition) is 1. The van der Waals surface area contributed by atoms with Gasteiger partial charge in [-0.15, -0.1) is 0 Å². The molecule has 5 heteroatoms. The first-order chi connectivity index (χ1) is 15.6. The lowest BCUT2D eigenvalue weighted by Crippen LogP contribution is -2.34. The number of benzene rings is 2. The van der Waals surface area contributed by atoms with Gasteiger partial charge in [0.05, 0.1) is 5.92 Å². The number of thioether (sulfide) groups is 1. The van der Waals surface area contributed by atoms with E-state index in [-0.39, 0.29) is 11.9 Å². The molecule has 2 aromatic carbocycles. The number of aromatic nitrogens is 1. The fourth-order valence-electron chi connectivity index (χ4n) is 4.31. The lowest BCUT2D eigenvalue weighted by atomic mass is 9.89. The highest BCUT2D eigenvalue weighted by atomic mass is 32.2. The van der Waals surface area contributed by atoms with Crippen LogP contribution in [0.4, 0.5) is 0 Å². The van der Waals surface area contributed by atoms with E-state index in [4.69, 9.17) is 4.74 Å². The molecule has 1 aliphatic heterocycles. The summed E-state index contributed by atoms with van der Waals surface area (Å²) in [6.45, 7) is 7.44. The van der Waals surface area contributed by atoms with Crippen molar-refractivity contribution >= 4 is 28.6 Å². The molecule has 1 fully saturated rings. The lowest BCUT2D eigenvalue weighted by Gasteiger charge is -2.32. The Hall–Kier alpha value is -2.24. The van der Waals surface area contributed by atoms with Gasteiger partial charge in [0.1, 0.15) is 5.75 Å². The average Bonchev–Trinajstić information content (AvgIpc) is 3.24. The molecule has 3 aromatic rings. The molecule has 32 heavy (non-hydrogen) atoms. The van der Waals surface area contributed by atoms with Crippen molar-refractivity contribution in [2.75, 3.05) is 25.4 Å². The van der Waals surface area contributed by atoms with Gasteiger partial charge >= 0.3 is 5.97 Å². The molecule has 0 radical (unpaired) electrons. The second-order valence-electron chi connectivity index (χ2n) is 8.83. The van der Waals surface area contributed by atoms with Crippen LogP contribution in [-0.2, 0) is 10.5 Å². The van der Waals surface area contributed by atoms with Gasteiger partial charge in [0, 0.05) is 35.2 Å². The SMILES string of the molecule is CCC(C)C(=O)Oc1ccc2[nH]cc(CSCCN3CCC(c4ccccc4)CC3)c2c1. The minimum atomic E-state index is -0.158. The van der Waals surface area contributed by atoms with E-state index in [0.717, 1.165) is 41.3 Å². The Morgan fingerprint density at radius 1 is 1.19 bits per heavy atom. The second kappa shape index (κ2) is 11.1. The molecule has 0 saturated carbocycles. The molecule has 4 rings (SSSR count). The standard InChI is InChI=1S/C27H34N2O2S/c1-3-20(2)27(30)31-24-9-10-26-25(17-24)23(18-28-26)19-32-16-15-29-13-11-22(12-14-29)21-7-5-4-6-8-21/h4-10,17-18,20,22,28H,3,11-16,19H2,1-2H3. The van der Waals surface area contributed by atoms with Crippen LogP contribution in [0.2, 0.25) is 0 Å². The Kier molecular flexibility index (Phi) is 7.93. The highest BCUT2D eigenvalue weighted by Crippen LogP contribution is 2.29. The van der Waals surface area contributed by atoms with Gasteiger partial charge in [-0.05, 0) is 67.6 Å². The number of H-pyrrole nitrogens is 1. The summed E-state index contributed by atoms with van der Waals surface area (Å²) in [5, 5.41) is 1.15. The quantitative estimate of drug-likeness (QED) is 0.238. The second-order valence-corrected chi connectivity index (χ2v) is 9.94. The van der Waals surface area contributed by atoms with Crippen molar-refractivity contribution in [3.05, 3.63) is 65.9 Å². The van der Waals surface area contributed by atoms with Crippen LogP contribution in [0.25, 0.3) is 10.9 Å². The monoisotopic (exact) mass is 450 g/mol. The Balaban J connectivity index is 1.24. The van der Waals surface area contributed by atoms with Crippen molar-refractivity contribution in [1.29, 1.82) is 0 Å². The van der Waals surface area contributed by atoms with E-state index < -0.39 is 0 Å². The average molecular weight is 451 g/mol. The number of piperidine rings is 1. The third-order valence-corrected chi connectivity index (χ3v) is 7.63. The van der Waals surface area contributed by atoms with Crippen LogP contribution >= 0.6 is 11.8 Å². The molecule has 1 saturated heterocycles. The number of fused-ring (bicyclic) bond motifs is 1. The van der Waals surface area contributed by atoms with Crippen LogP contribution in [0.3, 0.4) is 0 Å². The Morgan fingerprint density at radius 2 is 1.97 bits per heavy atom. The van der Waals surface area contributed by atoms with Gasteiger partial charge in [0.25, 0.3) is 0 Å². The fourth-order valence-corrected chi connectivity index (χ4v) is 5.31. The van der Waals surface area contributed by atoms with E-state index in [1.54, 1.807) is 0 Å². The zero-order valence-corrected chi connectivity index (χ0v) is 20.0. The summed E-state index contributed by atoms with van der Waals surface area (Å²) < 4.78 is 5.58. The summed E-state index contributed by atoms with van der Waals surface area (Å²) in [7, 11) is 0. The first-order valence-electron chi connectivity index (χ1n) is 11.8. The zero-order chi connectivity index (χ0) is 22.3. The molecule has 0 aliphatic carbocycles. The van der Waals surface area contributed by atoms with Crippen LogP contribution in [0.5, 0.6) is 5.75 Å². The number of carbonyl (C=O) groups is 1. The van der Waals surface area contributed by atoms with Gasteiger partial charge in [0.2, 0.25) is 0 Å². The summed E-state index contributed by atoms with van der Waals surface area (Å²) in [5.74, 6) is 3.21. The topological polar surface area (TPSA) is 45.3 Å². The van der Waals surface area contributed by atoms with Crippen molar-refractivity contribution in [2.45, 2.75) is 44.8 Å². The molecule has 0 amide bonds. The maximum Gasteiger partial charge on any atom is 0.314 e. The minimum absolute atomic E-state index is 0.0790. The Morgan fingerprint density at radius 3 is 2.72 bits per heavy atom. The molecule has 4 nitrogen and oxygen atoms in total. The molecule has 0 spiro atoms. The first kappa shape index (κ1) is 22.9. The van der Waals surface area contributed by atoms with E-state index in [1.165, 1.54) is 37.1 Å². The normalized spacial score (nSPS) is 16.3. The first-order valence-corrected chi connectivity index (χ1v) is 13.0. The molecular weight excluding hydrogens is 416 g/mol. The Bertz CT molecular complexity index is 1010. The molecule has 0 bridgehead atoms. The molecule has 1 atom stereocenters. The fraction of sp³-hybridized carbons (Fsp3) is 0.444. The maximum absolute atomic E-state index is 12.1. The highest BCUT2D eigenvalue weighted by molar-refractivity contribution is 7.98. The van der Waals surface area contributed by atoms with Gasteiger partial charge in [-0.1, -0.05) is 44.2 Å². The van der Waals surface area contributed by atoms with Crippen molar-refractivity contribution < 1.29 is 9.53 Å². The highest BCUT2D eigenvalue weighted by Gasteiger charge is 2.20. The van der Waals surface area contributed by atoms with Gasteiger partial charge in [-0.3, -0.25) is 4.79 Å². The summed E-state index contributed by atoms with van der Waals surface area (Å²) in [4.78, 5) is 18.1. The van der Waals surface area contributed by atoms with Gasteiger partial charge in [0.15, 0.2) is 0 Å². The maximum atomic E-state index is 12.1. The largest absolute Gasteiger partial charge is 0.426 e. The zero-order valence-electron chi connectivity index (χ0n) is 19.2. The molecule has 1 aromatic heterocycles. The number of ether oxygens (including phenoxy) is 1. The smallest absolute Gasteiger partial charge is 0.314 e. The summed E-state index contributed by atoms with van der Waals surface area (Å²) in [6, 6.07) is 16.8. The molecule has 1 aliphatic rings. The van der Waals surface area contributed by atoms with E-state index in [1.807, 2.05) is 43.8 Å². The van der Waals surface area contributed by atoms with Crippen molar-refractivity contribution in [3.8, 4) is 5.75 Å². The van der Waals surface area contributed by atoms with Crippen LogP contribution in [0.1, 0.15) is 50.2 Å². The van der Waals surface area contributed by atoms with Crippen molar-refractivity contribution in [2.24, 2.45) is 5.92 Å². The number of rotatable bonds is 9. The molecule has 1 N–H and O–H groups in total. The summed E-state index contributed by atoms with van der Waals surface area (Å²) in [5.41, 5.74) is 3.86. The number of nitrogens with one attached hydrogen (secondary N) is 1. The third-order valence-electron chi connectivity index (χ3n) is 6.64. The summed E-state index contributed by atoms with van der Waals surface area (Å²) in [6.07, 6.45) is 5.39. The number of aromatic amines is 1. The third kappa shape index (κ3) is 5.76. The van der Waals surface area contributed by atoms with Gasteiger partial charge < -0.3 is 14.6 Å². The molecule has 1 unspecified atom stereocenters. The number of hydrogen-bond acceptors (Lipinski definition) is 4. The number of nitrogens with zero attached hydrogens (tertiary/aromatic N) is 1. The molecule has 170 valence electrons. The van der Waals surface area contributed by atoms with Crippen LogP contribution in [-0.4, -0.2) is 41.2 Å². The van der Waals surface area contributed by atoms with Crippen molar-refractivity contribution in [3.63, 3.8) is 0 Å². The predicted molar refractivity (Wildman–Crippen MR) is 134 cm³/mol. The predicted octanol–water partition coefficient (Wildman–Crippen LogP) is 6.23. The van der Waals surface area contributed by atoms with Crippen LogP contribution in [0.15, 0.2) is 54.7 Å².